The Balaban J connectivity index is 1.80. The fraction of sp³-hybridized carbons (Fsp3) is 0.571. The van der Waals surface area contributed by atoms with E-state index < -0.39 is 0 Å². The topological polar surface area (TPSA) is 12.5 Å². The van der Waals surface area contributed by atoms with Crippen molar-refractivity contribution in [2.45, 2.75) is 44.3 Å². The second-order valence-electron chi connectivity index (χ2n) is 4.91. The third kappa shape index (κ3) is 1.41. The molecule has 0 spiro atoms. The highest BCUT2D eigenvalue weighted by Crippen LogP contribution is 2.56. The van der Waals surface area contributed by atoms with Crippen LogP contribution in [-0.2, 0) is 10.3 Å². The van der Waals surface area contributed by atoms with Crippen LogP contribution in [0.25, 0.3) is 0 Å². The van der Waals surface area contributed by atoms with Gasteiger partial charge in [0, 0.05) is 0 Å². The van der Waals surface area contributed by atoms with Gasteiger partial charge < -0.3 is 4.74 Å². The summed E-state index contributed by atoms with van der Waals surface area (Å²) >= 11 is 0. The second-order valence-corrected chi connectivity index (χ2v) is 4.91. The summed E-state index contributed by atoms with van der Waals surface area (Å²) < 4.78 is 5.98. The van der Waals surface area contributed by atoms with E-state index in [9.17, 15) is 0 Å². The lowest BCUT2D eigenvalue weighted by Gasteiger charge is -2.23. The molecule has 3 rings (SSSR count). The van der Waals surface area contributed by atoms with E-state index in [1.54, 1.807) is 0 Å². The molecule has 0 bridgehead atoms. The summed E-state index contributed by atoms with van der Waals surface area (Å²) in [6.45, 7) is 2.29. The molecule has 0 amide bonds. The first-order valence-electron chi connectivity index (χ1n) is 6.08. The van der Waals surface area contributed by atoms with Crippen molar-refractivity contribution >= 4 is 0 Å². The van der Waals surface area contributed by atoms with Crippen molar-refractivity contribution in [1.82, 2.24) is 0 Å². The van der Waals surface area contributed by atoms with Gasteiger partial charge >= 0.3 is 0 Å². The number of hydrogen-bond acceptors (Lipinski definition) is 1. The molecule has 1 saturated heterocycles. The van der Waals surface area contributed by atoms with Crippen molar-refractivity contribution in [3.05, 3.63) is 35.9 Å². The monoisotopic (exact) mass is 202 g/mol. The minimum atomic E-state index is 0.118. The Labute approximate surface area is 91.5 Å². The van der Waals surface area contributed by atoms with Crippen molar-refractivity contribution in [2.75, 3.05) is 0 Å². The molecule has 1 aliphatic heterocycles. The summed E-state index contributed by atoms with van der Waals surface area (Å²) in [5.74, 6) is 0.898. The van der Waals surface area contributed by atoms with Gasteiger partial charge in [0.2, 0.25) is 0 Å². The van der Waals surface area contributed by atoms with Crippen LogP contribution in [0.2, 0.25) is 0 Å². The third-order valence-corrected chi connectivity index (χ3v) is 4.13. The molecule has 2 aliphatic rings. The summed E-state index contributed by atoms with van der Waals surface area (Å²) in [5, 5.41) is 0. The quantitative estimate of drug-likeness (QED) is 0.669. The molecule has 1 heterocycles. The van der Waals surface area contributed by atoms with E-state index in [0.29, 0.717) is 6.10 Å². The Hall–Kier alpha value is -0.820. The molecule has 1 heteroatoms. The van der Waals surface area contributed by atoms with Crippen molar-refractivity contribution in [3.63, 3.8) is 0 Å². The Bertz CT molecular complexity index is 346. The van der Waals surface area contributed by atoms with Gasteiger partial charge in [-0.2, -0.15) is 0 Å². The predicted octanol–water partition coefficient (Wildman–Crippen LogP) is 3.49. The molecule has 1 aliphatic carbocycles. The van der Waals surface area contributed by atoms with Gasteiger partial charge in [0.05, 0.1) is 6.10 Å². The average molecular weight is 202 g/mol. The molecule has 0 N–H and O–H groups in total. The van der Waals surface area contributed by atoms with Crippen LogP contribution in [0.5, 0.6) is 0 Å². The van der Waals surface area contributed by atoms with Gasteiger partial charge in [-0.15, -0.1) is 0 Å². The van der Waals surface area contributed by atoms with Crippen LogP contribution in [0.4, 0.5) is 0 Å². The first-order valence-corrected chi connectivity index (χ1v) is 6.08. The maximum absolute atomic E-state index is 5.98. The first-order chi connectivity index (χ1) is 7.35. The first kappa shape index (κ1) is 9.41. The van der Waals surface area contributed by atoms with Gasteiger partial charge in [-0.25, -0.2) is 0 Å². The highest BCUT2D eigenvalue weighted by atomic mass is 16.6. The minimum absolute atomic E-state index is 0.118. The zero-order valence-corrected chi connectivity index (χ0v) is 9.28. The number of ether oxygens (including phenoxy) is 1. The lowest BCUT2D eigenvalue weighted by molar-refractivity contribution is 0.283. The summed E-state index contributed by atoms with van der Waals surface area (Å²) in [6.07, 6.45) is 5.65. The highest BCUT2D eigenvalue weighted by Gasteiger charge is 2.59. The Morgan fingerprint density at radius 2 is 2.13 bits per heavy atom. The molecular formula is C14H18O. The zero-order valence-electron chi connectivity index (χ0n) is 9.28. The van der Waals surface area contributed by atoms with Gasteiger partial charge in [0.25, 0.3) is 0 Å². The third-order valence-electron chi connectivity index (χ3n) is 4.13. The molecule has 0 unspecified atom stereocenters. The molecule has 3 atom stereocenters. The Morgan fingerprint density at radius 3 is 2.80 bits per heavy atom. The predicted molar refractivity (Wildman–Crippen MR) is 60.6 cm³/mol. The van der Waals surface area contributed by atoms with Gasteiger partial charge in [0.15, 0.2) is 0 Å². The second kappa shape index (κ2) is 3.34. The van der Waals surface area contributed by atoms with Crippen molar-refractivity contribution in [2.24, 2.45) is 5.92 Å². The summed E-state index contributed by atoms with van der Waals surface area (Å²) in [6, 6.07) is 10.7. The van der Waals surface area contributed by atoms with E-state index in [0.717, 1.165) is 5.92 Å². The standard InChI is InChI=1S/C14H18O/c1-2-11-8-9-14(13(10-11)15-14)12-6-4-3-5-7-12/h3-7,11,13H,2,8-10H2,1H3/t11-,13+,14+/m1/s1. The molecule has 0 radical (unpaired) electrons. The normalized spacial score (nSPS) is 38.5. The van der Waals surface area contributed by atoms with Gasteiger partial charge in [-0.1, -0.05) is 43.7 Å². The van der Waals surface area contributed by atoms with Gasteiger partial charge in [0.1, 0.15) is 5.60 Å². The van der Waals surface area contributed by atoms with E-state index in [-0.39, 0.29) is 5.60 Å². The molecule has 15 heavy (non-hydrogen) atoms. The average Bonchev–Trinajstić information content (AvgIpc) is 3.04. The molecule has 1 saturated carbocycles. The summed E-state index contributed by atoms with van der Waals surface area (Å²) in [4.78, 5) is 0. The fourth-order valence-electron chi connectivity index (χ4n) is 3.01. The number of rotatable bonds is 2. The molecule has 1 aromatic rings. The van der Waals surface area contributed by atoms with Crippen LogP contribution in [-0.4, -0.2) is 6.10 Å². The number of fused-ring (bicyclic) bond motifs is 1. The van der Waals surface area contributed by atoms with Crippen LogP contribution in [0.1, 0.15) is 38.2 Å². The fourth-order valence-corrected chi connectivity index (χ4v) is 3.01. The minimum Gasteiger partial charge on any atom is -0.361 e. The van der Waals surface area contributed by atoms with Crippen molar-refractivity contribution in [1.29, 1.82) is 0 Å². The molecule has 2 fully saturated rings. The lowest BCUT2D eigenvalue weighted by Crippen LogP contribution is -2.22. The maximum atomic E-state index is 5.98. The van der Waals surface area contributed by atoms with Crippen LogP contribution < -0.4 is 0 Å². The number of benzene rings is 1. The van der Waals surface area contributed by atoms with Crippen LogP contribution in [0.15, 0.2) is 30.3 Å². The van der Waals surface area contributed by atoms with E-state index >= 15 is 0 Å². The van der Waals surface area contributed by atoms with Gasteiger partial charge in [-0.05, 0) is 30.7 Å². The molecule has 80 valence electrons. The smallest absolute Gasteiger partial charge is 0.120 e. The van der Waals surface area contributed by atoms with E-state index in [1.807, 2.05) is 0 Å². The van der Waals surface area contributed by atoms with Crippen LogP contribution >= 0.6 is 0 Å². The lowest BCUT2D eigenvalue weighted by atomic mass is 9.78. The SMILES string of the molecule is CC[C@@H]1CC[C@@]2(c3ccccc3)O[C@H]2C1. The van der Waals surface area contributed by atoms with E-state index in [1.165, 1.54) is 31.2 Å². The summed E-state index contributed by atoms with van der Waals surface area (Å²) in [7, 11) is 0. The molecule has 1 nitrogen and oxygen atoms in total. The Morgan fingerprint density at radius 1 is 1.33 bits per heavy atom. The zero-order chi connectivity index (χ0) is 10.3. The number of epoxide rings is 1. The summed E-state index contributed by atoms with van der Waals surface area (Å²) in [5.41, 5.74) is 1.51. The number of hydrogen-bond donors (Lipinski definition) is 0. The highest BCUT2D eigenvalue weighted by molar-refractivity contribution is 5.30. The van der Waals surface area contributed by atoms with Gasteiger partial charge in [-0.3, -0.25) is 0 Å². The van der Waals surface area contributed by atoms with E-state index in [2.05, 4.69) is 37.3 Å². The van der Waals surface area contributed by atoms with E-state index in [4.69, 9.17) is 4.74 Å². The Kier molecular flexibility index (Phi) is 2.10. The van der Waals surface area contributed by atoms with Crippen molar-refractivity contribution < 1.29 is 4.74 Å². The largest absolute Gasteiger partial charge is 0.361 e. The maximum Gasteiger partial charge on any atom is 0.120 e. The molecule has 1 aromatic carbocycles. The van der Waals surface area contributed by atoms with Crippen molar-refractivity contribution in [3.8, 4) is 0 Å². The van der Waals surface area contributed by atoms with Crippen LogP contribution in [0.3, 0.4) is 0 Å². The molecular weight excluding hydrogens is 184 g/mol. The van der Waals surface area contributed by atoms with Crippen LogP contribution in [0, 0.1) is 5.92 Å². The molecule has 0 aromatic heterocycles.